The molecule has 0 bridgehead atoms. The van der Waals surface area contributed by atoms with Crippen LogP contribution >= 0.6 is 0 Å². The minimum Gasteiger partial charge on any atom is -0.466 e. The summed E-state index contributed by atoms with van der Waals surface area (Å²) in [7, 11) is 0. The lowest BCUT2D eigenvalue weighted by Gasteiger charge is -2.60. The summed E-state index contributed by atoms with van der Waals surface area (Å²) >= 11 is 0. The van der Waals surface area contributed by atoms with Crippen molar-refractivity contribution >= 4 is 5.97 Å². The number of ether oxygens (including phenoxy) is 1. The predicted molar refractivity (Wildman–Crippen MR) is 97.9 cm³/mol. The van der Waals surface area contributed by atoms with E-state index in [0.717, 1.165) is 37.0 Å². The molecule has 0 aromatic carbocycles. The zero-order valence-corrected chi connectivity index (χ0v) is 16.3. The standard InChI is InChI=1S/C22H36O3/c1-4-25-20(24)14-9-11-21(2)15(13-14)5-6-16-17-7-8-19(23)22(17,3)12-10-18(16)21/h14-19,23H,4-13H2,1-3H3/t14-,15+,16+,17-,18+,19+,21-,22-/m1/s1. The third kappa shape index (κ3) is 2.59. The Morgan fingerprint density at radius 2 is 1.72 bits per heavy atom. The molecule has 4 aliphatic rings. The van der Waals surface area contributed by atoms with Gasteiger partial charge in [-0.2, -0.15) is 0 Å². The maximum absolute atomic E-state index is 12.2. The number of hydrogen-bond donors (Lipinski definition) is 1. The molecule has 3 heteroatoms. The van der Waals surface area contributed by atoms with E-state index >= 15 is 0 Å². The van der Waals surface area contributed by atoms with Crippen LogP contribution in [0.25, 0.3) is 0 Å². The minimum absolute atomic E-state index is 0.0433. The summed E-state index contributed by atoms with van der Waals surface area (Å²) in [5.74, 6) is 3.20. The first-order valence-electron chi connectivity index (χ1n) is 10.7. The highest BCUT2D eigenvalue weighted by Gasteiger charge is 2.60. The first-order valence-corrected chi connectivity index (χ1v) is 10.7. The van der Waals surface area contributed by atoms with Crippen LogP contribution in [-0.4, -0.2) is 23.8 Å². The molecule has 0 spiro atoms. The van der Waals surface area contributed by atoms with E-state index in [1.165, 1.54) is 38.5 Å². The number of carbonyl (C=O) groups excluding carboxylic acids is 1. The summed E-state index contributed by atoms with van der Waals surface area (Å²) in [6.45, 7) is 7.30. The van der Waals surface area contributed by atoms with Gasteiger partial charge in [0.15, 0.2) is 0 Å². The molecule has 4 rings (SSSR count). The van der Waals surface area contributed by atoms with Gasteiger partial charge < -0.3 is 9.84 Å². The molecular formula is C22H36O3. The molecule has 0 radical (unpaired) electrons. The van der Waals surface area contributed by atoms with E-state index in [1.54, 1.807) is 0 Å². The molecule has 4 fully saturated rings. The van der Waals surface area contributed by atoms with Crippen LogP contribution in [0, 0.1) is 40.4 Å². The molecule has 0 saturated heterocycles. The second-order valence-electron chi connectivity index (χ2n) is 10.0. The van der Waals surface area contributed by atoms with Gasteiger partial charge in [0.2, 0.25) is 0 Å². The van der Waals surface area contributed by atoms with Crippen molar-refractivity contribution < 1.29 is 14.6 Å². The molecule has 0 aromatic rings. The largest absolute Gasteiger partial charge is 0.466 e. The first-order chi connectivity index (χ1) is 11.9. The van der Waals surface area contributed by atoms with Gasteiger partial charge in [-0.3, -0.25) is 4.79 Å². The molecule has 4 saturated carbocycles. The number of hydrogen-bond acceptors (Lipinski definition) is 3. The van der Waals surface area contributed by atoms with Crippen molar-refractivity contribution in [1.29, 1.82) is 0 Å². The predicted octanol–water partition coefficient (Wildman–Crippen LogP) is 4.57. The number of rotatable bonds is 2. The lowest BCUT2D eigenvalue weighted by molar-refractivity contribution is -0.158. The summed E-state index contributed by atoms with van der Waals surface area (Å²) in [4.78, 5) is 12.2. The Balaban J connectivity index is 1.52. The van der Waals surface area contributed by atoms with E-state index in [0.29, 0.717) is 17.9 Å². The van der Waals surface area contributed by atoms with E-state index < -0.39 is 0 Å². The van der Waals surface area contributed by atoms with Crippen LogP contribution in [0.15, 0.2) is 0 Å². The summed E-state index contributed by atoms with van der Waals surface area (Å²) in [5.41, 5.74) is 0.577. The van der Waals surface area contributed by atoms with Crippen LogP contribution in [0.5, 0.6) is 0 Å². The fraction of sp³-hybridized carbons (Fsp3) is 0.955. The zero-order valence-electron chi connectivity index (χ0n) is 16.3. The molecule has 0 unspecified atom stereocenters. The maximum Gasteiger partial charge on any atom is 0.308 e. The van der Waals surface area contributed by atoms with Gasteiger partial charge in [-0.15, -0.1) is 0 Å². The monoisotopic (exact) mass is 348 g/mol. The van der Waals surface area contributed by atoms with Gasteiger partial charge in [-0.1, -0.05) is 13.8 Å². The molecule has 1 N–H and O–H groups in total. The van der Waals surface area contributed by atoms with E-state index in [9.17, 15) is 9.90 Å². The molecule has 8 atom stereocenters. The van der Waals surface area contributed by atoms with Gasteiger partial charge in [-0.25, -0.2) is 0 Å². The Hall–Kier alpha value is -0.570. The Morgan fingerprint density at radius 1 is 1.00 bits per heavy atom. The molecule has 0 heterocycles. The smallest absolute Gasteiger partial charge is 0.308 e. The van der Waals surface area contributed by atoms with Crippen LogP contribution in [0.3, 0.4) is 0 Å². The molecular weight excluding hydrogens is 312 g/mol. The van der Waals surface area contributed by atoms with Crippen molar-refractivity contribution in [2.45, 2.75) is 84.7 Å². The van der Waals surface area contributed by atoms with Gasteiger partial charge in [0.05, 0.1) is 18.6 Å². The van der Waals surface area contributed by atoms with Crippen molar-refractivity contribution in [1.82, 2.24) is 0 Å². The highest BCUT2D eigenvalue weighted by Crippen LogP contribution is 2.66. The zero-order chi connectivity index (χ0) is 17.8. The summed E-state index contributed by atoms with van der Waals surface area (Å²) in [5, 5.41) is 10.6. The molecule has 0 aliphatic heterocycles. The molecule has 4 aliphatic carbocycles. The fourth-order valence-electron chi connectivity index (χ4n) is 7.70. The van der Waals surface area contributed by atoms with Crippen LogP contribution < -0.4 is 0 Å². The average Bonchev–Trinajstić information content (AvgIpc) is 2.89. The van der Waals surface area contributed by atoms with Crippen molar-refractivity contribution in [3.63, 3.8) is 0 Å². The van der Waals surface area contributed by atoms with Crippen LogP contribution in [0.4, 0.5) is 0 Å². The molecule has 3 nitrogen and oxygen atoms in total. The van der Waals surface area contributed by atoms with Gasteiger partial charge in [0.1, 0.15) is 0 Å². The minimum atomic E-state index is -0.0801. The first kappa shape index (κ1) is 17.8. The van der Waals surface area contributed by atoms with Gasteiger partial charge in [0.25, 0.3) is 0 Å². The molecule has 0 aromatic heterocycles. The van der Waals surface area contributed by atoms with Gasteiger partial charge in [0, 0.05) is 0 Å². The van der Waals surface area contributed by atoms with Crippen molar-refractivity contribution in [2.24, 2.45) is 40.4 Å². The van der Waals surface area contributed by atoms with E-state index in [2.05, 4.69) is 13.8 Å². The van der Waals surface area contributed by atoms with Crippen LogP contribution in [-0.2, 0) is 9.53 Å². The van der Waals surface area contributed by atoms with Crippen LogP contribution in [0.1, 0.15) is 78.6 Å². The summed E-state index contributed by atoms with van der Waals surface area (Å²) in [6.07, 6.45) is 10.5. The van der Waals surface area contributed by atoms with Gasteiger partial charge >= 0.3 is 5.97 Å². The normalized spacial score (nSPS) is 52.0. The van der Waals surface area contributed by atoms with Gasteiger partial charge in [-0.05, 0) is 99.2 Å². The second kappa shape index (κ2) is 6.25. The van der Waals surface area contributed by atoms with E-state index in [4.69, 9.17) is 4.74 Å². The van der Waals surface area contributed by atoms with Crippen molar-refractivity contribution in [3.8, 4) is 0 Å². The highest BCUT2D eigenvalue weighted by atomic mass is 16.5. The number of fused-ring (bicyclic) bond motifs is 5. The van der Waals surface area contributed by atoms with E-state index in [-0.39, 0.29) is 23.4 Å². The molecule has 25 heavy (non-hydrogen) atoms. The third-order valence-corrected chi connectivity index (χ3v) is 9.24. The number of aliphatic hydroxyl groups excluding tert-OH is 1. The Kier molecular flexibility index (Phi) is 4.46. The summed E-state index contributed by atoms with van der Waals surface area (Å²) < 4.78 is 5.32. The SMILES string of the molecule is CCOC(=O)[C@@H]1CC[C@]2(C)[C@@H](CC[C@H]3[C@H]4CC[C@H](O)[C@]4(C)CC[C@@H]32)C1. The maximum atomic E-state index is 12.2. The summed E-state index contributed by atoms with van der Waals surface area (Å²) in [6, 6.07) is 0. The van der Waals surface area contributed by atoms with Crippen LogP contribution in [0.2, 0.25) is 0 Å². The topological polar surface area (TPSA) is 46.5 Å². The third-order valence-electron chi connectivity index (χ3n) is 9.24. The number of esters is 1. The average molecular weight is 349 g/mol. The fourth-order valence-corrected chi connectivity index (χ4v) is 7.70. The number of aliphatic hydroxyl groups is 1. The van der Waals surface area contributed by atoms with E-state index in [1.807, 2.05) is 6.92 Å². The highest BCUT2D eigenvalue weighted by molar-refractivity contribution is 5.72. The Bertz CT molecular complexity index is 531. The molecule has 142 valence electrons. The lowest BCUT2D eigenvalue weighted by Crippen LogP contribution is -2.54. The van der Waals surface area contributed by atoms with Crippen molar-refractivity contribution in [3.05, 3.63) is 0 Å². The number of carbonyl (C=O) groups is 1. The molecule has 0 amide bonds. The Labute approximate surface area is 152 Å². The Morgan fingerprint density at radius 3 is 2.48 bits per heavy atom. The quantitative estimate of drug-likeness (QED) is 0.744. The second-order valence-corrected chi connectivity index (χ2v) is 10.0. The lowest BCUT2D eigenvalue weighted by atomic mass is 9.44. The van der Waals surface area contributed by atoms with Crippen molar-refractivity contribution in [2.75, 3.05) is 6.61 Å².